The van der Waals surface area contributed by atoms with Crippen LogP contribution in [-0.2, 0) is 0 Å². The molecule has 2 aromatic carbocycles. The summed E-state index contributed by atoms with van der Waals surface area (Å²) in [4.78, 5) is 16.4. The molecule has 0 saturated heterocycles. The number of aromatic nitrogens is 1. The lowest BCUT2D eigenvalue weighted by Crippen LogP contribution is -2.12. The number of hydrogen-bond donors (Lipinski definition) is 2. The van der Waals surface area contributed by atoms with Crippen LogP contribution in [0.4, 0.5) is 0 Å². The highest BCUT2D eigenvalue weighted by Gasteiger charge is 2.17. The highest BCUT2D eigenvalue weighted by Crippen LogP contribution is 2.38. The molecule has 6 heteroatoms. The smallest absolute Gasteiger partial charge is 0.266 e. The number of carbonyl (C=O) groups is 1. The first-order chi connectivity index (χ1) is 10.4. The molecular formula is C16H12Cl2N2OS. The lowest BCUT2D eigenvalue weighted by atomic mass is 10.2. The zero-order chi connectivity index (χ0) is 15.9. The van der Waals surface area contributed by atoms with Crippen LogP contribution in [0.5, 0.6) is 0 Å². The van der Waals surface area contributed by atoms with Gasteiger partial charge in [0.25, 0.3) is 5.91 Å². The minimum absolute atomic E-state index is 0.390. The van der Waals surface area contributed by atoms with Gasteiger partial charge in [-0.3, -0.25) is 4.79 Å². The molecule has 0 aliphatic carbocycles. The standard InChI is InChI=1S/C16H12Cl2N2OS/c1-8-2-3-12-13(4-8)20-14(16(19)21)15(12)22-11-6-9(17)5-10(18)7-11/h2-7,20H,1H3,(H2,19,21). The van der Waals surface area contributed by atoms with Crippen LogP contribution in [0.25, 0.3) is 10.9 Å². The van der Waals surface area contributed by atoms with Crippen molar-refractivity contribution in [3.8, 4) is 0 Å². The number of primary amides is 1. The second-order valence-corrected chi connectivity index (χ2v) is 6.91. The Morgan fingerprint density at radius 2 is 1.82 bits per heavy atom. The molecule has 0 bridgehead atoms. The number of halogens is 2. The number of aryl methyl sites for hydroxylation is 1. The van der Waals surface area contributed by atoms with Crippen LogP contribution in [0.1, 0.15) is 16.1 Å². The van der Waals surface area contributed by atoms with Crippen LogP contribution in [0.2, 0.25) is 10.0 Å². The maximum Gasteiger partial charge on any atom is 0.266 e. The number of H-pyrrole nitrogens is 1. The summed E-state index contributed by atoms with van der Waals surface area (Å²) >= 11 is 13.5. The molecule has 0 fully saturated rings. The van der Waals surface area contributed by atoms with Crippen molar-refractivity contribution in [1.29, 1.82) is 0 Å². The zero-order valence-electron chi connectivity index (χ0n) is 11.6. The molecule has 0 spiro atoms. The van der Waals surface area contributed by atoms with Gasteiger partial charge >= 0.3 is 0 Å². The van der Waals surface area contributed by atoms with Crippen LogP contribution in [0.3, 0.4) is 0 Å². The highest BCUT2D eigenvalue weighted by atomic mass is 35.5. The molecule has 1 aromatic heterocycles. The third-order valence-corrected chi connectivity index (χ3v) is 4.74. The Hall–Kier alpha value is -1.62. The van der Waals surface area contributed by atoms with Crippen molar-refractivity contribution in [2.75, 3.05) is 0 Å². The van der Waals surface area contributed by atoms with Gasteiger partial charge in [0, 0.05) is 25.8 Å². The van der Waals surface area contributed by atoms with Crippen LogP contribution < -0.4 is 5.73 Å². The Kier molecular flexibility index (Phi) is 4.08. The zero-order valence-corrected chi connectivity index (χ0v) is 13.9. The van der Waals surface area contributed by atoms with E-state index in [1.807, 2.05) is 25.1 Å². The normalized spacial score (nSPS) is 11.0. The number of aromatic amines is 1. The Balaban J connectivity index is 2.16. The molecule has 1 amide bonds. The molecule has 3 nitrogen and oxygen atoms in total. The SMILES string of the molecule is Cc1ccc2c(Sc3cc(Cl)cc(Cl)c3)c(C(N)=O)[nH]c2c1. The Bertz CT molecular complexity index is 869. The Morgan fingerprint density at radius 1 is 1.14 bits per heavy atom. The van der Waals surface area contributed by atoms with E-state index in [4.69, 9.17) is 28.9 Å². The minimum atomic E-state index is -0.496. The number of nitrogens with one attached hydrogen (secondary N) is 1. The number of carbonyl (C=O) groups excluding carboxylic acids is 1. The Labute approximate surface area is 141 Å². The quantitative estimate of drug-likeness (QED) is 0.695. The van der Waals surface area contributed by atoms with Gasteiger partial charge in [0.2, 0.25) is 0 Å². The summed E-state index contributed by atoms with van der Waals surface area (Å²) in [6, 6.07) is 11.2. The maximum atomic E-state index is 11.7. The van der Waals surface area contributed by atoms with Crippen LogP contribution in [0, 0.1) is 6.92 Å². The first-order valence-electron chi connectivity index (χ1n) is 6.50. The van der Waals surface area contributed by atoms with Gasteiger partial charge in [0.1, 0.15) is 5.69 Å². The Morgan fingerprint density at radius 3 is 2.45 bits per heavy atom. The largest absolute Gasteiger partial charge is 0.364 e. The van der Waals surface area contributed by atoms with Gasteiger partial charge in [-0.15, -0.1) is 0 Å². The van der Waals surface area contributed by atoms with E-state index in [0.29, 0.717) is 15.7 Å². The summed E-state index contributed by atoms with van der Waals surface area (Å²) in [5.74, 6) is -0.496. The van der Waals surface area contributed by atoms with Crippen molar-refractivity contribution in [2.45, 2.75) is 16.7 Å². The average molecular weight is 351 g/mol. The fourth-order valence-corrected chi connectivity index (χ4v) is 4.07. The molecule has 0 saturated carbocycles. The fourth-order valence-electron chi connectivity index (χ4n) is 2.27. The predicted octanol–water partition coefficient (Wildman–Crippen LogP) is 5.03. The fraction of sp³-hybridized carbons (Fsp3) is 0.0625. The van der Waals surface area contributed by atoms with Crippen LogP contribution in [0.15, 0.2) is 46.2 Å². The van der Waals surface area contributed by atoms with Gasteiger partial charge in [-0.2, -0.15) is 0 Å². The second kappa shape index (κ2) is 5.88. The lowest BCUT2D eigenvalue weighted by Gasteiger charge is -2.04. The van der Waals surface area contributed by atoms with E-state index >= 15 is 0 Å². The highest BCUT2D eigenvalue weighted by molar-refractivity contribution is 7.99. The number of fused-ring (bicyclic) bond motifs is 1. The van der Waals surface area contributed by atoms with Gasteiger partial charge in [0.05, 0.1) is 4.90 Å². The average Bonchev–Trinajstić information content (AvgIpc) is 2.75. The van der Waals surface area contributed by atoms with E-state index in [2.05, 4.69) is 4.98 Å². The van der Waals surface area contributed by atoms with E-state index in [-0.39, 0.29) is 0 Å². The first kappa shape index (κ1) is 15.3. The molecular weight excluding hydrogens is 339 g/mol. The van der Waals surface area contributed by atoms with E-state index < -0.39 is 5.91 Å². The monoisotopic (exact) mass is 350 g/mol. The molecule has 3 N–H and O–H groups in total. The van der Waals surface area contributed by atoms with Crippen molar-refractivity contribution in [3.63, 3.8) is 0 Å². The summed E-state index contributed by atoms with van der Waals surface area (Å²) in [5.41, 5.74) is 7.87. The van der Waals surface area contributed by atoms with Crippen molar-refractivity contribution in [3.05, 3.63) is 57.7 Å². The molecule has 0 unspecified atom stereocenters. The molecule has 0 aliphatic heterocycles. The third-order valence-electron chi connectivity index (χ3n) is 3.21. The van der Waals surface area contributed by atoms with E-state index in [1.54, 1.807) is 18.2 Å². The van der Waals surface area contributed by atoms with Crippen LogP contribution in [-0.4, -0.2) is 10.9 Å². The second-order valence-electron chi connectivity index (χ2n) is 4.95. The molecule has 0 aliphatic rings. The summed E-state index contributed by atoms with van der Waals surface area (Å²) in [6.07, 6.45) is 0. The topological polar surface area (TPSA) is 58.9 Å². The van der Waals surface area contributed by atoms with E-state index in [1.165, 1.54) is 11.8 Å². The van der Waals surface area contributed by atoms with Crippen molar-refractivity contribution < 1.29 is 4.79 Å². The number of rotatable bonds is 3. The first-order valence-corrected chi connectivity index (χ1v) is 8.07. The molecule has 1 heterocycles. The lowest BCUT2D eigenvalue weighted by molar-refractivity contribution is 0.0993. The number of amides is 1. The van der Waals surface area contributed by atoms with Crippen molar-refractivity contribution in [2.24, 2.45) is 5.73 Å². The molecule has 0 atom stereocenters. The van der Waals surface area contributed by atoms with Gasteiger partial charge in [-0.05, 0) is 36.8 Å². The van der Waals surface area contributed by atoms with Crippen molar-refractivity contribution >= 4 is 51.8 Å². The minimum Gasteiger partial charge on any atom is -0.364 e. The summed E-state index contributed by atoms with van der Waals surface area (Å²) in [7, 11) is 0. The maximum absolute atomic E-state index is 11.7. The summed E-state index contributed by atoms with van der Waals surface area (Å²) < 4.78 is 0. The summed E-state index contributed by atoms with van der Waals surface area (Å²) in [5, 5.41) is 2.04. The number of benzene rings is 2. The van der Waals surface area contributed by atoms with Crippen LogP contribution >= 0.6 is 35.0 Å². The third kappa shape index (κ3) is 2.95. The van der Waals surface area contributed by atoms with Crippen molar-refractivity contribution in [1.82, 2.24) is 4.98 Å². The van der Waals surface area contributed by atoms with E-state index in [9.17, 15) is 4.79 Å². The van der Waals surface area contributed by atoms with E-state index in [0.717, 1.165) is 26.3 Å². The molecule has 3 aromatic rings. The molecule has 0 radical (unpaired) electrons. The molecule has 3 rings (SSSR count). The molecule has 112 valence electrons. The predicted molar refractivity (Wildman–Crippen MR) is 92.1 cm³/mol. The van der Waals surface area contributed by atoms with Gasteiger partial charge in [-0.25, -0.2) is 0 Å². The molecule has 22 heavy (non-hydrogen) atoms. The van der Waals surface area contributed by atoms with Gasteiger partial charge < -0.3 is 10.7 Å². The summed E-state index contributed by atoms with van der Waals surface area (Å²) in [6.45, 7) is 1.99. The number of nitrogens with two attached hydrogens (primary N) is 1. The van der Waals surface area contributed by atoms with Gasteiger partial charge in [0.15, 0.2) is 0 Å². The van der Waals surface area contributed by atoms with Gasteiger partial charge in [-0.1, -0.05) is 47.1 Å². The number of hydrogen-bond acceptors (Lipinski definition) is 2.